The Labute approximate surface area is 154 Å². The summed E-state index contributed by atoms with van der Waals surface area (Å²) in [5, 5.41) is 2.32. The molecule has 0 spiro atoms. The molecule has 146 valence electrons. The van der Waals surface area contributed by atoms with Crippen LogP contribution in [0.15, 0.2) is 29.8 Å². The minimum atomic E-state index is -4.99. The van der Waals surface area contributed by atoms with Crippen molar-refractivity contribution >= 4 is 17.2 Å². The lowest BCUT2D eigenvalue weighted by Crippen LogP contribution is -2.38. The number of carbonyl (C=O) groups is 1. The molecule has 0 bridgehead atoms. The summed E-state index contributed by atoms with van der Waals surface area (Å²) < 4.78 is 78.2. The first-order valence-corrected chi connectivity index (χ1v) is 8.95. The molecule has 2 aromatic rings. The van der Waals surface area contributed by atoms with Crippen LogP contribution in [0.5, 0.6) is 0 Å². The minimum absolute atomic E-state index is 0.0191. The van der Waals surface area contributed by atoms with Crippen molar-refractivity contribution < 1.29 is 31.1 Å². The van der Waals surface area contributed by atoms with Gasteiger partial charge in [-0.15, -0.1) is 11.3 Å². The lowest BCUT2D eigenvalue weighted by molar-refractivity contribution is -0.143. The van der Waals surface area contributed by atoms with Crippen LogP contribution in [0.3, 0.4) is 0 Å². The van der Waals surface area contributed by atoms with E-state index in [-0.39, 0.29) is 12.6 Å². The molecule has 3 nitrogen and oxygen atoms in total. The van der Waals surface area contributed by atoms with Crippen molar-refractivity contribution in [3.8, 4) is 0 Å². The number of hydrogen-bond acceptors (Lipinski definition) is 3. The highest BCUT2D eigenvalue weighted by atomic mass is 32.1. The summed E-state index contributed by atoms with van der Waals surface area (Å²) in [4.78, 5) is 18.3. The molecule has 1 amide bonds. The van der Waals surface area contributed by atoms with Gasteiger partial charge in [-0.05, 0) is 37.5 Å². The predicted molar refractivity (Wildman–Crippen MR) is 86.2 cm³/mol. The fourth-order valence-corrected chi connectivity index (χ4v) is 3.86. The fourth-order valence-electron chi connectivity index (χ4n) is 3.07. The van der Waals surface area contributed by atoms with Gasteiger partial charge in [-0.2, -0.15) is 26.3 Å². The monoisotopic (exact) mass is 408 g/mol. The highest BCUT2D eigenvalue weighted by molar-refractivity contribution is 7.09. The van der Waals surface area contributed by atoms with Crippen molar-refractivity contribution in [1.82, 2.24) is 9.88 Å². The van der Waals surface area contributed by atoms with Gasteiger partial charge in [0.05, 0.1) is 17.2 Å². The highest BCUT2D eigenvalue weighted by Gasteiger charge is 2.39. The number of carbonyl (C=O) groups excluding carboxylic acids is 1. The average Bonchev–Trinajstić information content (AvgIpc) is 3.13. The number of nitrogens with zero attached hydrogens (tertiary/aromatic N) is 2. The van der Waals surface area contributed by atoms with Gasteiger partial charge in [0.1, 0.15) is 5.01 Å². The lowest BCUT2D eigenvalue weighted by atomic mass is 9.99. The second kappa shape index (κ2) is 7.14. The Kier molecular flexibility index (Phi) is 5.20. The maximum Gasteiger partial charge on any atom is 0.416 e. The summed E-state index contributed by atoms with van der Waals surface area (Å²) in [5.74, 6) is -0.855. The van der Waals surface area contributed by atoms with Gasteiger partial charge >= 0.3 is 12.4 Å². The molecular weight excluding hydrogens is 394 g/mol. The number of amides is 1. The highest BCUT2D eigenvalue weighted by Crippen LogP contribution is 2.38. The molecule has 0 saturated carbocycles. The first kappa shape index (κ1) is 19.7. The van der Waals surface area contributed by atoms with E-state index in [2.05, 4.69) is 4.98 Å². The van der Waals surface area contributed by atoms with Crippen molar-refractivity contribution in [2.45, 2.75) is 37.7 Å². The molecule has 0 N–H and O–H groups in total. The van der Waals surface area contributed by atoms with E-state index < -0.39 is 41.0 Å². The van der Waals surface area contributed by atoms with E-state index in [4.69, 9.17) is 0 Å². The molecule has 10 heteroatoms. The third kappa shape index (κ3) is 4.26. The molecule has 2 heterocycles. The molecule has 1 aliphatic rings. The van der Waals surface area contributed by atoms with Crippen LogP contribution in [0, 0.1) is 0 Å². The molecule has 1 aromatic heterocycles. The number of aromatic nitrogens is 1. The summed E-state index contributed by atoms with van der Waals surface area (Å²) in [6.45, 7) is 0.251. The second-order valence-corrected chi connectivity index (χ2v) is 7.10. The Hall–Kier alpha value is -2.10. The van der Waals surface area contributed by atoms with Gasteiger partial charge in [0, 0.05) is 23.7 Å². The Bertz CT molecular complexity index is 784. The summed E-state index contributed by atoms with van der Waals surface area (Å²) in [6, 6.07) is 0.525. The van der Waals surface area contributed by atoms with Gasteiger partial charge in [-0.25, -0.2) is 4.98 Å². The van der Waals surface area contributed by atoms with E-state index in [1.54, 1.807) is 11.6 Å². The number of rotatable bonds is 2. The standard InChI is InChI=1S/C17H14F6N2OS/c18-16(19,20)11-7-10(8-12(9-11)17(21,22)23)15(26)25-5-2-1-3-13(25)14-24-4-6-27-14/h4,6-9,13H,1-3,5H2. The largest absolute Gasteiger partial charge is 0.416 e. The average molecular weight is 408 g/mol. The van der Waals surface area contributed by atoms with Crippen LogP contribution in [0.4, 0.5) is 26.3 Å². The lowest BCUT2D eigenvalue weighted by Gasteiger charge is -2.34. The van der Waals surface area contributed by atoms with Gasteiger partial charge in [0.25, 0.3) is 5.91 Å². The van der Waals surface area contributed by atoms with Crippen molar-refractivity contribution in [3.63, 3.8) is 0 Å². The van der Waals surface area contributed by atoms with E-state index in [0.717, 1.165) is 6.42 Å². The van der Waals surface area contributed by atoms with E-state index in [1.165, 1.54) is 16.2 Å². The van der Waals surface area contributed by atoms with Crippen molar-refractivity contribution in [2.75, 3.05) is 6.54 Å². The van der Waals surface area contributed by atoms with Crippen molar-refractivity contribution in [1.29, 1.82) is 0 Å². The van der Waals surface area contributed by atoms with Crippen LogP contribution in [-0.2, 0) is 12.4 Å². The Morgan fingerprint density at radius 3 is 2.19 bits per heavy atom. The molecule has 1 fully saturated rings. The predicted octanol–water partition coefficient (Wildman–Crippen LogP) is 5.55. The Morgan fingerprint density at radius 2 is 1.67 bits per heavy atom. The molecule has 27 heavy (non-hydrogen) atoms. The summed E-state index contributed by atoms with van der Waals surface area (Å²) >= 11 is 1.30. The van der Waals surface area contributed by atoms with Crippen LogP contribution in [0.25, 0.3) is 0 Å². The molecule has 1 unspecified atom stereocenters. The second-order valence-electron chi connectivity index (χ2n) is 6.18. The number of hydrogen-bond donors (Lipinski definition) is 0. The van der Waals surface area contributed by atoms with Crippen LogP contribution in [0.1, 0.15) is 51.8 Å². The van der Waals surface area contributed by atoms with Gasteiger partial charge in [-0.3, -0.25) is 4.79 Å². The van der Waals surface area contributed by atoms with E-state index in [9.17, 15) is 31.1 Å². The third-order valence-corrected chi connectivity index (χ3v) is 5.21. The zero-order valence-corrected chi connectivity index (χ0v) is 14.6. The zero-order valence-electron chi connectivity index (χ0n) is 13.8. The number of likely N-dealkylation sites (tertiary alicyclic amines) is 1. The number of halogens is 6. The number of alkyl halides is 6. The van der Waals surface area contributed by atoms with Crippen molar-refractivity contribution in [2.24, 2.45) is 0 Å². The fraction of sp³-hybridized carbons (Fsp3) is 0.412. The van der Waals surface area contributed by atoms with Gasteiger partial charge in [0.15, 0.2) is 0 Å². The van der Waals surface area contributed by atoms with Crippen LogP contribution in [0.2, 0.25) is 0 Å². The third-order valence-electron chi connectivity index (χ3n) is 4.33. The minimum Gasteiger partial charge on any atom is -0.329 e. The van der Waals surface area contributed by atoms with Crippen molar-refractivity contribution in [3.05, 3.63) is 51.5 Å². The smallest absolute Gasteiger partial charge is 0.329 e. The molecular formula is C17H14F6N2OS. The molecule has 1 atom stereocenters. The molecule has 1 saturated heterocycles. The zero-order chi connectivity index (χ0) is 19.8. The van der Waals surface area contributed by atoms with E-state index in [1.807, 2.05) is 0 Å². The van der Waals surface area contributed by atoms with E-state index >= 15 is 0 Å². The summed E-state index contributed by atoms with van der Waals surface area (Å²) in [7, 11) is 0. The normalized spacial score (nSPS) is 18.6. The number of thiazole rings is 1. The topological polar surface area (TPSA) is 33.2 Å². The van der Waals surface area contributed by atoms with Crippen LogP contribution in [-0.4, -0.2) is 22.3 Å². The molecule has 0 radical (unpaired) electrons. The molecule has 1 aliphatic heterocycles. The molecule has 1 aromatic carbocycles. The first-order valence-electron chi connectivity index (χ1n) is 8.07. The maximum atomic E-state index is 13.0. The Balaban J connectivity index is 2.02. The van der Waals surface area contributed by atoms with Crippen LogP contribution < -0.4 is 0 Å². The van der Waals surface area contributed by atoms with Gasteiger partial charge < -0.3 is 4.90 Å². The maximum absolute atomic E-state index is 13.0. The molecule has 0 aliphatic carbocycles. The van der Waals surface area contributed by atoms with Crippen LogP contribution >= 0.6 is 11.3 Å². The number of piperidine rings is 1. The summed E-state index contributed by atoms with van der Waals surface area (Å²) in [6.07, 6.45) is -6.46. The quantitative estimate of drug-likeness (QED) is 0.611. The summed E-state index contributed by atoms with van der Waals surface area (Å²) in [5.41, 5.74) is -3.62. The number of benzene rings is 1. The Morgan fingerprint density at radius 1 is 1.04 bits per heavy atom. The van der Waals surface area contributed by atoms with Gasteiger partial charge in [-0.1, -0.05) is 0 Å². The first-order chi connectivity index (χ1) is 12.6. The van der Waals surface area contributed by atoms with E-state index in [0.29, 0.717) is 30.0 Å². The van der Waals surface area contributed by atoms with Gasteiger partial charge in [0.2, 0.25) is 0 Å². The SMILES string of the molecule is O=C(c1cc(C(F)(F)F)cc(C(F)(F)F)c1)N1CCCCC1c1nccs1. The molecule has 3 rings (SSSR count).